The number of hydrogen-bond acceptors (Lipinski definition) is 4. The Morgan fingerprint density at radius 3 is 2.71 bits per heavy atom. The summed E-state index contributed by atoms with van der Waals surface area (Å²) in [6, 6.07) is 5.73. The molecule has 2 rings (SSSR count). The van der Waals surface area contributed by atoms with Gasteiger partial charge in [0.05, 0.1) is 10.5 Å². The first kappa shape index (κ1) is 15.2. The zero-order valence-corrected chi connectivity index (χ0v) is 12.3. The van der Waals surface area contributed by atoms with Gasteiger partial charge in [-0.15, -0.1) is 0 Å². The Morgan fingerprint density at radius 2 is 2.10 bits per heavy atom. The van der Waals surface area contributed by atoms with Crippen LogP contribution in [0.15, 0.2) is 30.5 Å². The van der Waals surface area contributed by atoms with E-state index in [1.807, 2.05) is 0 Å². The van der Waals surface area contributed by atoms with Crippen LogP contribution in [0.4, 0.5) is 11.4 Å². The first-order valence-corrected chi connectivity index (χ1v) is 6.52. The molecule has 1 N–H and O–H groups in total. The normalized spacial score (nSPS) is 10.2. The molecule has 0 bridgehead atoms. The van der Waals surface area contributed by atoms with E-state index in [9.17, 15) is 14.9 Å². The van der Waals surface area contributed by atoms with Gasteiger partial charge in [-0.1, -0.05) is 23.2 Å². The van der Waals surface area contributed by atoms with E-state index in [4.69, 9.17) is 23.2 Å². The van der Waals surface area contributed by atoms with Crippen molar-refractivity contribution in [2.24, 2.45) is 0 Å². The topological polar surface area (TPSA) is 85.1 Å². The molecule has 0 radical (unpaired) electrons. The van der Waals surface area contributed by atoms with Gasteiger partial charge >= 0.3 is 0 Å². The van der Waals surface area contributed by atoms with E-state index in [1.54, 1.807) is 13.0 Å². The largest absolute Gasteiger partial charge is 0.322 e. The highest BCUT2D eigenvalue weighted by Crippen LogP contribution is 2.30. The second-order valence-electron chi connectivity index (χ2n) is 4.17. The molecule has 108 valence electrons. The Balaban J connectivity index is 2.32. The third-order valence-electron chi connectivity index (χ3n) is 2.74. The van der Waals surface area contributed by atoms with Gasteiger partial charge in [0, 0.05) is 18.0 Å². The van der Waals surface area contributed by atoms with Gasteiger partial charge in [0.25, 0.3) is 11.6 Å². The third-order valence-corrected chi connectivity index (χ3v) is 3.35. The average molecular weight is 326 g/mol. The minimum Gasteiger partial charge on any atom is -0.322 e. The molecule has 1 aromatic heterocycles. The van der Waals surface area contributed by atoms with E-state index in [0.717, 1.165) is 0 Å². The van der Waals surface area contributed by atoms with Crippen LogP contribution in [0.3, 0.4) is 0 Å². The first-order valence-electron chi connectivity index (χ1n) is 5.76. The number of carbonyl (C=O) groups is 1. The maximum atomic E-state index is 12.1. The Morgan fingerprint density at radius 1 is 1.38 bits per heavy atom. The molecule has 0 aliphatic carbocycles. The van der Waals surface area contributed by atoms with E-state index >= 15 is 0 Å². The predicted molar refractivity (Wildman–Crippen MR) is 80.0 cm³/mol. The summed E-state index contributed by atoms with van der Waals surface area (Å²) in [4.78, 5) is 26.1. The number of amides is 1. The summed E-state index contributed by atoms with van der Waals surface area (Å²) in [5.41, 5.74) is 0.870. The highest BCUT2D eigenvalue weighted by Gasteiger charge is 2.17. The van der Waals surface area contributed by atoms with Gasteiger partial charge in [-0.2, -0.15) is 0 Å². The van der Waals surface area contributed by atoms with Crippen molar-refractivity contribution in [1.29, 1.82) is 0 Å². The molecule has 8 heteroatoms. The monoisotopic (exact) mass is 325 g/mol. The van der Waals surface area contributed by atoms with Gasteiger partial charge in [-0.05, 0) is 30.7 Å². The molecule has 1 aromatic carbocycles. The van der Waals surface area contributed by atoms with Crippen LogP contribution < -0.4 is 5.32 Å². The number of nitrogens with zero attached hydrogens (tertiary/aromatic N) is 2. The highest BCUT2D eigenvalue weighted by atomic mass is 35.5. The number of benzene rings is 1. The lowest BCUT2D eigenvalue weighted by molar-refractivity contribution is -0.384. The molecule has 0 atom stereocenters. The molecule has 1 heterocycles. The van der Waals surface area contributed by atoms with Crippen LogP contribution in [0.25, 0.3) is 0 Å². The van der Waals surface area contributed by atoms with Gasteiger partial charge in [-0.25, -0.2) is 4.98 Å². The molecule has 0 aliphatic rings. The Hall–Kier alpha value is -2.18. The first-order chi connectivity index (χ1) is 9.90. The molecule has 6 nitrogen and oxygen atoms in total. The average Bonchev–Trinajstić information content (AvgIpc) is 2.42. The van der Waals surface area contributed by atoms with E-state index in [2.05, 4.69) is 10.3 Å². The molecule has 0 saturated heterocycles. The fourth-order valence-corrected chi connectivity index (χ4v) is 2.12. The molecule has 0 unspecified atom stereocenters. The predicted octanol–water partition coefficient (Wildman–Crippen LogP) is 3.86. The molecule has 2 aromatic rings. The number of aryl methyl sites for hydroxylation is 1. The van der Waals surface area contributed by atoms with Crippen molar-refractivity contribution in [1.82, 2.24) is 4.98 Å². The quantitative estimate of drug-likeness (QED) is 0.527. The van der Waals surface area contributed by atoms with Crippen LogP contribution in [-0.4, -0.2) is 15.8 Å². The molecule has 0 fully saturated rings. The number of aromatic nitrogens is 1. The highest BCUT2D eigenvalue weighted by molar-refractivity contribution is 6.34. The number of nitro groups is 1. The number of nitrogens with one attached hydrogen (secondary N) is 1. The number of pyridine rings is 1. The van der Waals surface area contributed by atoms with Crippen molar-refractivity contribution < 1.29 is 9.72 Å². The molecule has 1 amide bonds. The molecular formula is C13H9Cl2N3O3. The number of halogens is 2. The van der Waals surface area contributed by atoms with E-state index < -0.39 is 10.8 Å². The van der Waals surface area contributed by atoms with Crippen molar-refractivity contribution in [2.45, 2.75) is 6.92 Å². The van der Waals surface area contributed by atoms with Crippen LogP contribution in [-0.2, 0) is 0 Å². The molecule has 21 heavy (non-hydrogen) atoms. The summed E-state index contributed by atoms with van der Waals surface area (Å²) in [5, 5.41) is 13.4. The standard InChI is InChI=1S/C13H9Cl2N3O3/c1-7-5-11(18(20)21)9(14)6-10(7)17-13(19)8-3-2-4-16-12(8)15/h2-6H,1H3,(H,17,19). The minimum atomic E-state index is -0.584. The molecular weight excluding hydrogens is 317 g/mol. The summed E-state index contributed by atoms with van der Waals surface area (Å²) in [7, 11) is 0. The van der Waals surface area contributed by atoms with Crippen LogP contribution in [0.1, 0.15) is 15.9 Å². The maximum absolute atomic E-state index is 12.1. The lowest BCUT2D eigenvalue weighted by Crippen LogP contribution is -2.14. The Kier molecular flexibility index (Phi) is 4.40. The minimum absolute atomic E-state index is 0.0572. The lowest BCUT2D eigenvalue weighted by Gasteiger charge is -2.09. The van der Waals surface area contributed by atoms with Crippen LogP contribution in [0, 0.1) is 17.0 Å². The summed E-state index contributed by atoms with van der Waals surface area (Å²) in [5.74, 6) is -0.471. The van der Waals surface area contributed by atoms with Crippen LogP contribution >= 0.6 is 23.2 Å². The lowest BCUT2D eigenvalue weighted by atomic mass is 10.1. The molecule has 0 saturated carbocycles. The second-order valence-corrected chi connectivity index (χ2v) is 4.94. The van der Waals surface area contributed by atoms with Crippen LogP contribution in [0.5, 0.6) is 0 Å². The zero-order chi connectivity index (χ0) is 15.6. The summed E-state index contributed by atoms with van der Waals surface area (Å²) in [6.07, 6.45) is 1.47. The van der Waals surface area contributed by atoms with Crippen molar-refractivity contribution in [3.05, 3.63) is 61.9 Å². The fraction of sp³-hybridized carbons (Fsp3) is 0.0769. The van der Waals surface area contributed by atoms with Crippen LogP contribution in [0.2, 0.25) is 10.2 Å². The number of rotatable bonds is 3. The van der Waals surface area contributed by atoms with E-state index in [0.29, 0.717) is 11.3 Å². The van der Waals surface area contributed by atoms with E-state index in [1.165, 1.54) is 24.4 Å². The second kappa shape index (κ2) is 6.07. The van der Waals surface area contributed by atoms with Crippen molar-refractivity contribution in [3.8, 4) is 0 Å². The van der Waals surface area contributed by atoms with Gasteiger partial charge in [0.1, 0.15) is 10.2 Å². The van der Waals surface area contributed by atoms with Gasteiger partial charge in [0.2, 0.25) is 0 Å². The molecule has 0 aliphatic heterocycles. The van der Waals surface area contributed by atoms with Crippen molar-refractivity contribution in [3.63, 3.8) is 0 Å². The summed E-state index contributed by atoms with van der Waals surface area (Å²) in [6.45, 7) is 1.63. The number of hydrogen-bond donors (Lipinski definition) is 1. The third kappa shape index (κ3) is 3.29. The zero-order valence-electron chi connectivity index (χ0n) is 10.8. The number of carbonyl (C=O) groups excluding carboxylic acids is 1. The van der Waals surface area contributed by atoms with E-state index in [-0.39, 0.29) is 21.4 Å². The fourth-order valence-electron chi connectivity index (χ4n) is 1.69. The molecule has 0 spiro atoms. The van der Waals surface area contributed by atoms with Gasteiger partial charge in [-0.3, -0.25) is 14.9 Å². The number of nitro benzene ring substituents is 1. The van der Waals surface area contributed by atoms with Crippen molar-refractivity contribution in [2.75, 3.05) is 5.32 Å². The Labute approximate surface area is 129 Å². The SMILES string of the molecule is Cc1cc([N+](=O)[O-])c(Cl)cc1NC(=O)c1cccnc1Cl. The van der Waals surface area contributed by atoms with Gasteiger partial charge in [0.15, 0.2) is 0 Å². The van der Waals surface area contributed by atoms with Crippen molar-refractivity contribution >= 4 is 40.5 Å². The summed E-state index contributed by atoms with van der Waals surface area (Å²) < 4.78 is 0. The smallest absolute Gasteiger partial charge is 0.288 e. The maximum Gasteiger partial charge on any atom is 0.288 e. The summed E-state index contributed by atoms with van der Waals surface area (Å²) >= 11 is 11.7. The van der Waals surface area contributed by atoms with Gasteiger partial charge < -0.3 is 5.32 Å². The number of anilines is 1. The Bertz CT molecular complexity index is 735.